The molecule has 0 fully saturated rings. The van der Waals surface area contributed by atoms with Gasteiger partial charge in [-0.1, -0.05) is 163 Å². The van der Waals surface area contributed by atoms with E-state index in [4.69, 9.17) is 8.85 Å². The van der Waals surface area contributed by atoms with Crippen LogP contribution in [-0.2, 0) is 14.6 Å². The first-order chi connectivity index (χ1) is 35.7. The van der Waals surface area contributed by atoms with Crippen molar-refractivity contribution in [3.05, 3.63) is 156 Å². The number of thiol groups is 1. The Labute approximate surface area is 446 Å². The highest BCUT2D eigenvalue weighted by molar-refractivity contribution is 7.79. The normalized spacial score (nSPS) is 20.2. The molecule has 0 saturated heterocycles. The second-order valence-corrected chi connectivity index (χ2v) is 31.6. The van der Waals surface area contributed by atoms with Crippen molar-refractivity contribution in [1.82, 2.24) is 31.9 Å². The van der Waals surface area contributed by atoms with Gasteiger partial charge in [-0.3, -0.25) is 40.0 Å². The maximum absolute atomic E-state index is 13.8. The molecule has 5 aromatic carbocycles. The van der Waals surface area contributed by atoms with E-state index in [0.717, 1.165) is 69.3 Å². The molecule has 5 aromatic rings. The van der Waals surface area contributed by atoms with E-state index in [9.17, 15) is 9.59 Å². The van der Waals surface area contributed by atoms with Crippen LogP contribution in [0.1, 0.15) is 93.5 Å². The number of benzene rings is 5. The molecule has 15 heteroatoms. The van der Waals surface area contributed by atoms with Crippen LogP contribution in [0.4, 0.5) is 0 Å². The summed E-state index contributed by atoms with van der Waals surface area (Å²) in [6.07, 6.45) is 3.71. The first-order valence-electron chi connectivity index (χ1n) is 26.8. The lowest BCUT2D eigenvalue weighted by atomic mass is 10.0. The minimum absolute atomic E-state index is 0.0330. The number of hydrogen-bond donors (Lipinski definition) is 7. The van der Waals surface area contributed by atoms with Crippen LogP contribution in [0.2, 0.25) is 10.1 Å². The zero-order valence-electron chi connectivity index (χ0n) is 44.3. The summed E-state index contributed by atoms with van der Waals surface area (Å²) in [6.45, 7) is 19.6. The minimum atomic E-state index is -2.69. The van der Waals surface area contributed by atoms with Crippen LogP contribution in [0.3, 0.4) is 0 Å². The van der Waals surface area contributed by atoms with Gasteiger partial charge in [-0.25, -0.2) is 0 Å². The number of hydrogen-bond acceptors (Lipinski definition) is 9. The van der Waals surface area contributed by atoms with Crippen LogP contribution in [0.5, 0.6) is 0 Å². The number of rotatable bonds is 17. The van der Waals surface area contributed by atoms with Gasteiger partial charge in [0.1, 0.15) is 0 Å². The van der Waals surface area contributed by atoms with Gasteiger partial charge in [0.05, 0.1) is 76.6 Å². The second kappa shape index (κ2) is 23.0. The summed E-state index contributed by atoms with van der Waals surface area (Å²) in [5, 5.41) is 26.2. The van der Waals surface area contributed by atoms with Crippen molar-refractivity contribution in [2.24, 2.45) is 0 Å². The zero-order chi connectivity index (χ0) is 51.9. The van der Waals surface area contributed by atoms with Crippen molar-refractivity contribution in [2.45, 2.75) is 107 Å². The Hall–Kier alpha value is -5.72. The van der Waals surface area contributed by atoms with Crippen molar-refractivity contribution in [1.29, 1.82) is 0 Å². The highest BCUT2D eigenvalue weighted by Crippen LogP contribution is 2.38. The summed E-state index contributed by atoms with van der Waals surface area (Å²) in [5.74, 6) is 1.95. The number of carbonyl (C=O) groups is 2. The standard InChI is InChI=1S/C59H76N8O4SSi2/c1-58(2,3)73(50-19-11-7-12-20-50,51-21-13-8-14-22-51)70-40-48-29-33-66-31-27-46(62-56(66)64-48)38-60-54(68)44-35-43(42-72)36-45(37-44)55(69)61-39-47-28-32-67-34-30-49(65-57(67)63-47)41-71-74(59(4,5)6,52-23-15-9-16-24-52)53-25-17-10-18-26-53/h7-26,35-37,46-49H,27-34,38-42H2,1-6H3,(H5,60,61,62,63,64,65,68,69,72)/p+2/t46?,47?,48-,49-/m0/s1. The highest BCUT2D eigenvalue weighted by atomic mass is 32.1. The summed E-state index contributed by atoms with van der Waals surface area (Å²) in [4.78, 5) is 27.7. The molecule has 4 aliphatic rings. The first-order valence-corrected chi connectivity index (χ1v) is 31.2. The van der Waals surface area contributed by atoms with E-state index >= 15 is 0 Å². The van der Waals surface area contributed by atoms with Gasteiger partial charge in [-0.15, -0.1) is 0 Å². The third-order valence-corrected chi connectivity index (χ3v) is 25.9. The first kappa shape index (κ1) is 53.1. The topological polar surface area (TPSA) is 131 Å². The lowest BCUT2D eigenvalue weighted by Gasteiger charge is -2.44. The predicted octanol–water partition coefficient (Wildman–Crippen LogP) is 4.91. The Morgan fingerprint density at radius 3 is 1.14 bits per heavy atom. The lowest BCUT2D eigenvalue weighted by molar-refractivity contribution is -0.542. The number of guanidine groups is 2. The van der Waals surface area contributed by atoms with Crippen LogP contribution >= 0.6 is 12.6 Å². The Morgan fingerprint density at radius 2 is 0.824 bits per heavy atom. The van der Waals surface area contributed by atoms with E-state index in [1.165, 1.54) is 20.7 Å². The van der Waals surface area contributed by atoms with E-state index in [2.05, 4.69) is 217 Å². The van der Waals surface area contributed by atoms with Gasteiger partial charge >= 0.3 is 11.9 Å². The molecule has 74 heavy (non-hydrogen) atoms. The Balaban J connectivity index is 0.777. The molecule has 12 nitrogen and oxygen atoms in total. The third-order valence-electron chi connectivity index (χ3n) is 15.5. The smallest absolute Gasteiger partial charge is 0.346 e. The van der Waals surface area contributed by atoms with E-state index < -0.39 is 16.6 Å². The maximum atomic E-state index is 13.8. The van der Waals surface area contributed by atoms with Gasteiger partial charge in [0.25, 0.3) is 28.4 Å². The van der Waals surface area contributed by atoms with Crippen molar-refractivity contribution < 1.29 is 27.6 Å². The average Bonchev–Trinajstić information content (AvgIpc) is 3.42. The largest absolute Gasteiger partial charge is 0.404 e. The van der Waals surface area contributed by atoms with Crippen LogP contribution < -0.4 is 52.6 Å². The number of carbonyl (C=O) groups excluding carboxylic acids is 2. The Morgan fingerprint density at radius 1 is 0.514 bits per heavy atom. The van der Waals surface area contributed by atoms with Gasteiger partial charge in [0, 0.05) is 42.6 Å². The Bertz CT molecular complexity index is 2520. The van der Waals surface area contributed by atoms with Crippen molar-refractivity contribution in [2.75, 3.05) is 52.5 Å². The van der Waals surface area contributed by atoms with E-state index in [0.29, 0.717) is 43.2 Å². The van der Waals surface area contributed by atoms with E-state index in [-0.39, 0.29) is 46.1 Å². The molecule has 0 aliphatic carbocycles. The van der Waals surface area contributed by atoms with E-state index in [1.807, 2.05) is 12.1 Å². The van der Waals surface area contributed by atoms with Crippen LogP contribution in [0, 0.1) is 0 Å². The van der Waals surface area contributed by atoms with E-state index in [1.54, 1.807) is 6.07 Å². The van der Waals surface area contributed by atoms with Crippen molar-refractivity contribution in [3.8, 4) is 0 Å². The molecular formula is C59H78N8O4SSi2+2. The number of nitrogens with zero attached hydrogens (tertiary/aromatic N) is 2. The fourth-order valence-corrected chi connectivity index (χ4v) is 21.0. The fraction of sp³-hybridized carbons (Fsp3) is 0.424. The van der Waals surface area contributed by atoms with Gasteiger partial charge in [0.15, 0.2) is 0 Å². The zero-order valence-corrected chi connectivity index (χ0v) is 47.1. The average molecular weight is 1050 g/mol. The molecule has 9 rings (SSSR count). The summed E-state index contributed by atoms with van der Waals surface area (Å²) in [5.41, 5.74) is 1.70. The number of nitrogens with one attached hydrogen (secondary N) is 6. The van der Waals surface area contributed by atoms with Crippen LogP contribution in [0.25, 0.3) is 0 Å². The molecule has 6 N–H and O–H groups in total. The van der Waals surface area contributed by atoms with Gasteiger partial charge in [0.2, 0.25) is 0 Å². The molecule has 2 amide bonds. The molecule has 0 saturated carbocycles. The molecule has 0 radical (unpaired) electrons. The van der Waals surface area contributed by atoms with Crippen LogP contribution in [-0.4, -0.2) is 126 Å². The Kier molecular flexibility index (Phi) is 16.5. The van der Waals surface area contributed by atoms with Gasteiger partial charge in [-0.05, 0) is 54.6 Å². The molecule has 4 heterocycles. The lowest BCUT2D eigenvalue weighted by Crippen LogP contribution is -2.68. The van der Waals surface area contributed by atoms with Gasteiger partial charge in [-0.2, -0.15) is 12.6 Å². The second-order valence-electron chi connectivity index (χ2n) is 22.6. The summed E-state index contributed by atoms with van der Waals surface area (Å²) in [6, 6.07) is 48.9. The summed E-state index contributed by atoms with van der Waals surface area (Å²) < 4.78 is 19.4. The molecular weight excluding hydrogens is 973 g/mol. The summed E-state index contributed by atoms with van der Waals surface area (Å²) in [7, 11) is -5.37. The molecule has 4 atom stereocenters. The molecule has 0 bridgehead atoms. The molecule has 0 aromatic heterocycles. The number of amides is 2. The quantitative estimate of drug-likeness (QED) is 0.0398. The van der Waals surface area contributed by atoms with Gasteiger partial charge < -0.3 is 19.5 Å². The SMILES string of the molecule is CC(C)(C)[Si](OC[C@@H]1CC[N+]2=C(NC(CNC(=O)c3cc(CS)cc(C(=O)NCC4CC[N+]5=C(N4)N[C@H](CO[Si](c4ccccc4)(c4ccccc4)C(C)(C)C)CC5)c3)CC2)N1)(c1ccccc1)c1ccccc1. The molecule has 390 valence electrons. The third kappa shape index (κ3) is 11.6. The predicted molar refractivity (Wildman–Crippen MR) is 307 cm³/mol. The maximum Gasteiger partial charge on any atom is 0.346 e. The molecule has 2 unspecified atom stereocenters. The van der Waals surface area contributed by atoms with Crippen LogP contribution in [0.15, 0.2) is 140 Å². The molecule has 4 aliphatic heterocycles. The fourth-order valence-electron chi connectivity index (χ4n) is 11.6. The van der Waals surface area contributed by atoms with Crippen molar-refractivity contribution in [3.63, 3.8) is 0 Å². The minimum Gasteiger partial charge on any atom is -0.404 e. The van der Waals surface area contributed by atoms with Crippen molar-refractivity contribution >= 4 is 73.7 Å². The molecule has 0 spiro atoms. The summed E-state index contributed by atoms with van der Waals surface area (Å²) >= 11 is 4.55. The monoisotopic (exact) mass is 1050 g/mol. The highest BCUT2D eigenvalue weighted by Gasteiger charge is 2.52.